The zero-order valence-corrected chi connectivity index (χ0v) is 16.4. The number of fused-ring (bicyclic) bond motifs is 2. The largest absolute Gasteiger partial charge is 0.460 e. The van der Waals surface area contributed by atoms with Crippen molar-refractivity contribution >= 4 is 11.8 Å². The fourth-order valence-electron chi connectivity index (χ4n) is 7.88. The number of ether oxygens (including phenoxy) is 3. The molecule has 5 N–H and O–H groups in total. The Bertz CT molecular complexity index is 927. The summed E-state index contributed by atoms with van der Waals surface area (Å²) in [7, 11) is 0. The standard InChI is InChI=1S/C20H24O10/c1-7-3-9(21)11(22)16(2)8(7)4-10-17-5-29-19(26,14(16)17)15(25)18(6-28-18)20(17,27)12(23)13(24)30-10/h3,8,10-12,14-15,22-23,25-27H,4-6H2,1-2H3. The number of ketones is 1. The first-order valence-corrected chi connectivity index (χ1v) is 10.1. The Kier molecular flexibility index (Phi) is 3.21. The lowest BCUT2D eigenvalue weighted by molar-refractivity contribution is -0.379. The Labute approximate surface area is 171 Å². The molecule has 3 saturated heterocycles. The second kappa shape index (κ2) is 4.98. The van der Waals surface area contributed by atoms with E-state index in [9.17, 15) is 35.1 Å². The monoisotopic (exact) mass is 424 g/mol. The van der Waals surface area contributed by atoms with Crippen molar-refractivity contribution in [2.45, 2.75) is 61.7 Å². The Balaban J connectivity index is 1.68. The minimum absolute atomic E-state index is 0.145. The molecule has 164 valence electrons. The Morgan fingerprint density at radius 1 is 1.07 bits per heavy atom. The summed E-state index contributed by atoms with van der Waals surface area (Å²) in [4.78, 5) is 25.2. The van der Waals surface area contributed by atoms with E-state index < -0.39 is 75.8 Å². The van der Waals surface area contributed by atoms with Gasteiger partial charge in [0.25, 0.3) is 0 Å². The Morgan fingerprint density at radius 3 is 2.37 bits per heavy atom. The molecule has 0 aromatic rings. The van der Waals surface area contributed by atoms with Crippen molar-refractivity contribution in [1.29, 1.82) is 0 Å². The summed E-state index contributed by atoms with van der Waals surface area (Å²) in [6, 6.07) is 0. The Hall–Kier alpha value is -1.40. The van der Waals surface area contributed by atoms with Gasteiger partial charge in [0.05, 0.1) is 18.6 Å². The summed E-state index contributed by atoms with van der Waals surface area (Å²) in [6.07, 6.45) is -4.96. The van der Waals surface area contributed by atoms with Gasteiger partial charge in [0.15, 0.2) is 23.3 Å². The van der Waals surface area contributed by atoms with Gasteiger partial charge in [-0.25, -0.2) is 4.79 Å². The third kappa shape index (κ3) is 1.53. The van der Waals surface area contributed by atoms with Gasteiger partial charge in [-0.05, 0) is 25.3 Å². The molecule has 0 aromatic heterocycles. The third-order valence-electron chi connectivity index (χ3n) is 9.17. The van der Waals surface area contributed by atoms with E-state index in [-0.39, 0.29) is 19.6 Å². The SMILES string of the molecule is CC1=CC(=O)C(O)C2(C)C1CC1OC(=O)C(O)C3(O)C4(CO4)C(O)C4(O)OCC13C42. The quantitative estimate of drug-likeness (QED) is 0.205. The summed E-state index contributed by atoms with van der Waals surface area (Å²) < 4.78 is 16.7. The average Bonchev–Trinajstić information content (AvgIpc) is 3.44. The maximum absolute atomic E-state index is 12.6. The van der Waals surface area contributed by atoms with Gasteiger partial charge in [0, 0.05) is 11.3 Å². The topological polar surface area (TPSA) is 166 Å². The highest BCUT2D eigenvalue weighted by atomic mass is 16.7. The zero-order valence-electron chi connectivity index (χ0n) is 16.4. The van der Waals surface area contributed by atoms with Crippen LogP contribution in [0.1, 0.15) is 20.3 Å². The number of carbonyl (C=O) groups is 2. The lowest BCUT2D eigenvalue weighted by Gasteiger charge is -2.70. The fraction of sp³-hybridized carbons (Fsp3) is 0.800. The Morgan fingerprint density at radius 2 is 1.73 bits per heavy atom. The smallest absolute Gasteiger partial charge is 0.338 e. The molecule has 3 aliphatic heterocycles. The maximum Gasteiger partial charge on any atom is 0.338 e. The van der Waals surface area contributed by atoms with Gasteiger partial charge < -0.3 is 39.7 Å². The third-order valence-corrected chi connectivity index (χ3v) is 9.17. The second-order valence-electron chi connectivity index (χ2n) is 10.0. The van der Waals surface area contributed by atoms with Crippen LogP contribution in [-0.4, -0.2) is 91.9 Å². The van der Waals surface area contributed by atoms with Crippen LogP contribution in [0, 0.1) is 22.7 Å². The first kappa shape index (κ1) is 19.3. The summed E-state index contributed by atoms with van der Waals surface area (Å²) in [5, 5.41) is 56.7. The number of aliphatic hydroxyl groups is 5. The molecule has 0 radical (unpaired) electrons. The van der Waals surface area contributed by atoms with Gasteiger partial charge in [0.1, 0.15) is 23.9 Å². The van der Waals surface area contributed by atoms with Gasteiger partial charge in [0.2, 0.25) is 0 Å². The molecule has 2 bridgehead atoms. The summed E-state index contributed by atoms with van der Waals surface area (Å²) in [6.45, 7) is 2.77. The molecule has 30 heavy (non-hydrogen) atoms. The van der Waals surface area contributed by atoms with Crippen LogP contribution < -0.4 is 0 Å². The van der Waals surface area contributed by atoms with Crippen molar-refractivity contribution < 1.29 is 49.3 Å². The van der Waals surface area contributed by atoms with Crippen LogP contribution in [0.5, 0.6) is 0 Å². The molecule has 11 atom stereocenters. The van der Waals surface area contributed by atoms with Crippen molar-refractivity contribution in [3.05, 3.63) is 11.6 Å². The van der Waals surface area contributed by atoms with Crippen molar-refractivity contribution in [2.24, 2.45) is 22.7 Å². The fourth-order valence-corrected chi connectivity index (χ4v) is 7.88. The van der Waals surface area contributed by atoms with Crippen LogP contribution in [-0.2, 0) is 23.8 Å². The van der Waals surface area contributed by atoms with Crippen molar-refractivity contribution in [3.8, 4) is 0 Å². The molecule has 5 fully saturated rings. The predicted molar refractivity (Wildman–Crippen MR) is 93.3 cm³/mol. The molecule has 2 saturated carbocycles. The highest BCUT2D eigenvalue weighted by Crippen LogP contribution is 2.77. The molecule has 3 heterocycles. The number of rotatable bonds is 0. The van der Waals surface area contributed by atoms with Crippen LogP contribution in [0.4, 0.5) is 0 Å². The van der Waals surface area contributed by atoms with Gasteiger partial charge in [-0.15, -0.1) is 0 Å². The van der Waals surface area contributed by atoms with E-state index in [1.165, 1.54) is 6.08 Å². The molecule has 10 nitrogen and oxygen atoms in total. The van der Waals surface area contributed by atoms with Gasteiger partial charge in [-0.3, -0.25) is 4.79 Å². The molecule has 2 spiro atoms. The number of allylic oxidation sites excluding steroid dienone is 1. The molecule has 0 amide bonds. The summed E-state index contributed by atoms with van der Waals surface area (Å²) >= 11 is 0. The highest BCUT2D eigenvalue weighted by Gasteiger charge is 2.94. The van der Waals surface area contributed by atoms with E-state index in [0.717, 1.165) is 0 Å². The first-order chi connectivity index (χ1) is 13.9. The van der Waals surface area contributed by atoms with E-state index in [1.807, 2.05) is 0 Å². The van der Waals surface area contributed by atoms with E-state index in [2.05, 4.69) is 0 Å². The minimum Gasteiger partial charge on any atom is -0.460 e. The lowest BCUT2D eigenvalue weighted by Crippen LogP contribution is -2.87. The average molecular weight is 424 g/mol. The molecular weight excluding hydrogens is 400 g/mol. The number of carbonyl (C=O) groups excluding carboxylic acids is 2. The summed E-state index contributed by atoms with van der Waals surface area (Å²) in [5.74, 6) is -5.64. The molecule has 6 aliphatic rings. The first-order valence-electron chi connectivity index (χ1n) is 10.1. The van der Waals surface area contributed by atoms with Crippen molar-refractivity contribution in [1.82, 2.24) is 0 Å². The molecule has 0 aromatic carbocycles. The number of esters is 1. The number of hydrogen-bond donors (Lipinski definition) is 5. The van der Waals surface area contributed by atoms with Crippen LogP contribution in [0.2, 0.25) is 0 Å². The number of epoxide rings is 1. The number of hydrogen-bond acceptors (Lipinski definition) is 10. The van der Waals surface area contributed by atoms with E-state index >= 15 is 0 Å². The molecule has 11 unspecified atom stereocenters. The van der Waals surface area contributed by atoms with Crippen LogP contribution >= 0.6 is 0 Å². The van der Waals surface area contributed by atoms with Gasteiger partial charge in [-0.1, -0.05) is 12.5 Å². The van der Waals surface area contributed by atoms with Crippen LogP contribution in [0.15, 0.2) is 11.6 Å². The van der Waals surface area contributed by atoms with E-state index in [4.69, 9.17) is 14.2 Å². The molecule has 6 rings (SSSR count). The van der Waals surface area contributed by atoms with Gasteiger partial charge in [-0.2, -0.15) is 0 Å². The lowest BCUT2D eigenvalue weighted by atomic mass is 9.36. The second-order valence-corrected chi connectivity index (χ2v) is 10.0. The van der Waals surface area contributed by atoms with E-state index in [1.54, 1.807) is 13.8 Å². The minimum atomic E-state index is -2.35. The van der Waals surface area contributed by atoms with Gasteiger partial charge >= 0.3 is 5.97 Å². The normalized spacial score (nSPS) is 63.1. The highest BCUT2D eigenvalue weighted by molar-refractivity contribution is 5.96. The number of aliphatic hydroxyl groups excluding tert-OH is 3. The van der Waals surface area contributed by atoms with Crippen LogP contribution in [0.25, 0.3) is 0 Å². The summed E-state index contributed by atoms with van der Waals surface area (Å²) in [5.41, 5.74) is -6.52. The predicted octanol–water partition coefficient (Wildman–Crippen LogP) is -2.62. The molecule has 10 heteroatoms. The van der Waals surface area contributed by atoms with Crippen molar-refractivity contribution in [3.63, 3.8) is 0 Å². The maximum atomic E-state index is 12.6. The molecule has 3 aliphatic carbocycles. The molecular formula is C20H24O10. The van der Waals surface area contributed by atoms with Crippen LogP contribution in [0.3, 0.4) is 0 Å². The van der Waals surface area contributed by atoms with Crippen molar-refractivity contribution in [2.75, 3.05) is 13.2 Å². The van der Waals surface area contributed by atoms with E-state index in [0.29, 0.717) is 5.57 Å². The zero-order chi connectivity index (χ0) is 21.6.